The molecule has 2 amide bonds. The molecular weight excluding hydrogens is 386 g/mol. The average Bonchev–Trinajstić information content (AvgIpc) is 2.99. The quantitative estimate of drug-likeness (QED) is 0.511. The van der Waals surface area contributed by atoms with Crippen LogP contribution in [0.2, 0.25) is 5.02 Å². The summed E-state index contributed by atoms with van der Waals surface area (Å²) in [7, 11) is 0. The SMILES string of the molecule is O=C1c2ccccc2C(=O)N1CCCCCN1CCN(c2ccccc2Cl)CC1. The second-order valence-electron chi connectivity index (χ2n) is 7.65. The van der Waals surface area contributed by atoms with Gasteiger partial charge in [0.05, 0.1) is 21.8 Å². The molecule has 6 heteroatoms. The molecule has 4 rings (SSSR count). The Bertz CT molecular complexity index is 858. The molecule has 152 valence electrons. The summed E-state index contributed by atoms with van der Waals surface area (Å²) in [6, 6.07) is 15.1. The lowest BCUT2D eigenvalue weighted by Crippen LogP contribution is -2.46. The summed E-state index contributed by atoms with van der Waals surface area (Å²) in [6.07, 6.45) is 2.94. The number of carbonyl (C=O) groups is 2. The minimum Gasteiger partial charge on any atom is -0.368 e. The maximum atomic E-state index is 12.4. The Morgan fingerprint density at radius 1 is 0.724 bits per heavy atom. The Morgan fingerprint density at radius 2 is 1.31 bits per heavy atom. The van der Waals surface area contributed by atoms with Crippen molar-refractivity contribution in [1.82, 2.24) is 9.80 Å². The summed E-state index contributed by atoms with van der Waals surface area (Å²) in [6.45, 7) is 5.59. The number of unbranched alkanes of at least 4 members (excludes halogenated alkanes) is 2. The highest BCUT2D eigenvalue weighted by molar-refractivity contribution is 6.33. The summed E-state index contributed by atoms with van der Waals surface area (Å²) in [4.78, 5) is 31.0. The zero-order valence-electron chi connectivity index (χ0n) is 16.5. The molecule has 0 spiro atoms. The number of nitrogens with zero attached hydrogens (tertiary/aromatic N) is 3. The predicted octanol–water partition coefficient (Wildman–Crippen LogP) is 3.93. The van der Waals surface area contributed by atoms with Crippen molar-refractivity contribution in [3.05, 3.63) is 64.7 Å². The number of fused-ring (bicyclic) bond motifs is 1. The fraction of sp³-hybridized carbons (Fsp3) is 0.391. The third-order valence-electron chi connectivity index (χ3n) is 5.80. The number of rotatable bonds is 7. The standard InChI is InChI=1S/C23H26ClN3O2/c24-20-10-4-5-11-21(20)26-16-14-25(15-17-26)12-6-1-7-13-27-22(28)18-8-2-3-9-19(18)23(27)29/h2-5,8-11H,1,6-7,12-17H2. The molecule has 2 aliphatic rings. The van der Waals surface area contributed by atoms with Gasteiger partial charge >= 0.3 is 0 Å². The average molecular weight is 412 g/mol. The van der Waals surface area contributed by atoms with E-state index in [-0.39, 0.29) is 11.8 Å². The van der Waals surface area contributed by atoms with Crippen LogP contribution in [0.25, 0.3) is 0 Å². The van der Waals surface area contributed by atoms with E-state index in [1.165, 1.54) is 4.90 Å². The molecule has 2 aromatic carbocycles. The molecule has 2 aliphatic heterocycles. The first-order chi connectivity index (χ1) is 14.1. The monoisotopic (exact) mass is 411 g/mol. The highest BCUT2D eigenvalue weighted by Crippen LogP contribution is 2.26. The zero-order chi connectivity index (χ0) is 20.2. The minimum atomic E-state index is -0.152. The van der Waals surface area contributed by atoms with Gasteiger partial charge in [-0.15, -0.1) is 0 Å². The predicted molar refractivity (Wildman–Crippen MR) is 116 cm³/mol. The van der Waals surface area contributed by atoms with Crippen molar-refractivity contribution in [1.29, 1.82) is 0 Å². The van der Waals surface area contributed by atoms with Crippen LogP contribution in [0.3, 0.4) is 0 Å². The van der Waals surface area contributed by atoms with Crippen LogP contribution in [0.15, 0.2) is 48.5 Å². The minimum absolute atomic E-state index is 0.152. The van der Waals surface area contributed by atoms with Gasteiger partial charge < -0.3 is 4.90 Å². The van der Waals surface area contributed by atoms with Crippen molar-refractivity contribution < 1.29 is 9.59 Å². The largest absolute Gasteiger partial charge is 0.368 e. The van der Waals surface area contributed by atoms with Gasteiger partial charge in [0, 0.05) is 32.7 Å². The molecule has 0 aliphatic carbocycles. The van der Waals surface area contributed by atoms with Crippen molar-refractivity contribution in [2.24, 2.45) is 0 Å². The summed E-state index contributed by atoms with van der Waals surface area (Å²) < 4.78 is 0. The Morgan fingerprint density at radius 3 is 1.97 bits per heavy atom. The van der Waals surface area contributed by atoms with E-state index in [1.54, 1.807) is 24.3 Å². The van der Waals surface area contributed by atoms with Gasteiger partial charge in [-0.1, -0.05) is 42.3 Å². The first-order valence-electron chi connectivity index (χ1n) is 10.3. The van der Waals surface area contributed by atoms with Gasteiger partial charge in [0.1, 0.15) is 0 Å². The Hall–Kier alpha value is -2.37. The number of amides is 2. The van der Waals surface area contributed by atoms with Gasteiger partial charge in [-0.25, -0.2) is 0 Å². The molecule has 1 fully saturated rings. The summed E-state index contributed by atoms with van der Waals surface area (Å²) in [5.41, 5.74) is 2.19. The van der Waals surface area contributed by atoms with Crippen LogP contribution >= 0.6 is 11.6 Å². The molecule has 29 heavy (non-hydrogen) atoms. The van der Waals surface area contributed by atoms with Crippen LogP contribution in [0.5, 0.6) is 0 Å². The first kappa shape index (κ1) is 19.9. The van der Waals surface area contributed by atoms with Gasteiger partial charge in [0.15, 0.2) is 0 Å². The molecular formula is C23H26ClN3O2. The molecule has 0 unspecified atom stereocenters. The number of benzene rings is 2. The van der Waals surface area contributed by atoms with Crippen molar-refractivity contribution in [3.8, 4) is 0 Å². The first-order valence-corrected chi connectivity index (χ1v) is 10.7. The van der Waals surface area contributed by atoms with Crippen molar-refractivity contribution in [2.75, 3.05) is 44.2 Å². The molecule has 2 heterocycles. The number of halogens is 1. The summed E-state index contributed by atoms with van der Waals surface area (Å²) >= 11 is 6.31. The van der Waals surface area contributed by atoms with Crippen LogP contribution in [-0.2, 0) is 0 Å². The number of para-hydroxylation sites is 1. The molecule has 0 bridgehead atoms. The van der Waals surface area contributed by atoms with Crippen molar-refractivity contribution in [3.63, 3.8) is 0 Å². The molecule has 0 N–H and O–H groups in total. The lowest BCUT2D eigenvalue weighted by molar-refractivity contribution is 0.0651. The van der Waals surface area contributed by atoms with Crippen LogP contribution in [-0.4, -0.2) is 60.9 Å². The van der Waals surface area contributed by atoms with Crippen LogP contribution in [0.4, 0.5) is 5.69 Å². The number of carbonyl (C=O) groups excluding carboxylic acids is 2. The maximum Gasteiger partial charge on any atom is 0.261 e. The van der Waals surface area contributed by atoms with E-state index in [1.807, 2.05) is 18.2 Å². The third-order valence-corrected chi connectivity index (χ3v) is 6.12. The van der Waals surface area contributed by atoms with Gasteiger partial charge in [-0.3, -0.25) is 19.4 Å². The lowest BCUT2D eigenvalue weighted by Gasteiger charge is -2.36. The van der Waals surface area contributed by atoms with Gasteiger partial charge in [0.25, 0.3) is 11.8 Å². The van der Waals surface area contributed by atoms with E-state index in [2.05, 4.69) is 15.9 Å². The fourth-order valence-electron chi connectivity index (χ4n) is 4.14. The summed E-state index contributed by atoms with van der Waals surface area (Å²) in [5.74, 6) is -0.303. The second kappa shape index (κ2) is 8.97. The Labute approximate surface area is 176 Å². The van der Waals surface area contributed by atoms with Gasteiger partial charge in [-0.05, 0) is 43.7 Å². The van der Waals surface area contributed by atoms with E-state index in [9.17, 15) is 9.59 Å². The molecule has 0 atom stereocenters. The maximum absolute atomic E-state index is 12.4. The Balaban J connectivity index is 1.16. The van der Waals surface area contributed by atoms with Crippen LogP contribution in [0.1, 0.15) is 40.0 Å². The molecule has 5 nitrogen and oxygen atoms in total. The topological polar surface area (TPSA) is 43.9 Å². The Kier molecular flexibility index (Phi) is 6.16. The van der Waals surface area contributed by atoms with Crippen molar-refractivity contribution >= 4 is 29.1 Å². The number of hydrogen-bond donors (Lipinski definition) is 0. The molecule has 0 aromatic heterocycles. The van der Waals surface area contributed by atoms with Gasteiger partial charge in [0.2, 0.25) is 0 Å². The van der Waals surface area contributed by atoms with E-state index in [0.29, 0.717) is 17.7 Å². The second-order valence-corrected chi connectivity index (χ2v) is 8.06. The molecule has 2 aromatic rings. The lowest BCUT2D eigenvalue weighted by atomic mass is 10.1. The van der Waals surface area contributed by atoms with Crippen LogP contribution < -0.4 is 4.90 Å². The zero-order valence-corrected chi connectivity index (χ0v) is 17.3. The smallest absolute Gasteiger partial charge is 0.261 e. The number of hydrogen-bond acceptors (Lipinski definition) is 4. The number of anilines is 1. The highest BCUT2D eigenvalue weighted by atomic mass is 35.5. The van der Waals surface area contributed by atoms with E-state index in [4.69, 9.17) is 11.6 Å². The normalized spacial score (nSPS) is 17.1. The van der Waals surface area contributed by atoms with Crippen LogP contribution in [0, 0.1) is 0 Å². The number of piperazine rings is 1. The van der Waals surface area contributed by atoms with Gasteiger partial charge in [-0.2, -0.15) is 0 Å². The molecule has 1 saturated heterocycles. The molecule has 0 radical (unpaired) electrons. The van der Waals surface area contributed by atoms with Crippen molar-refractivity contribution in [2.45, 2.75) is 19.3 Å². The number of imide groups is 1. The van der Waals surface area contributed by atoms with E-state index in [0.717, 1.165) is 62.7 Å². The highest BCUT2D eigenvalue weighted by Gasteiger charge is 2.34. The van der Waals surface area contributed by atoms with E-state index < -0.39 is 0 Å². The fourth-order valence-corrected chi connectivity index (χ4v) is 4.40. The molecule has 0 saturated carbocycles. The summed E-state index contributed by atoms with van der Waals surface area (Å²) in [5, 5.41) is 0.814. The van der Waals surface area contributed by atoms with E-state index >= 15 is 0 Å². The third kappa shape index (κ3) is 4.31.